The number of benzene rings is 1. The fourth-order valence-corrected chi connectivity index (χ4v) is 1.49. The van der Waals surface area contributed by atoms with E-state index in [2.05, 4.69) is 5.32 Å². The summed E-state index contributed by atoms with van der Waals surface area (Å²) >= 11 is 0. The minimum atomic E-state index is -1.63. The molecule has 0 aliphatic heterocycles. The second-order valence-electron chi connectivity index (χ2n) is 4.06. The number of hydrogen-bond acceptors (Lipinski definition) is 7. The van der Waals surface area contributed by atoms with E-state index < -0.39 is 35.2 Å². The fourth-order valence-electron chi connectivity index (χ4n) is 1.49. The van der Waals surface area contributed by atoms with E-state index in [-0.39, 0.29) is 76.8 Å². The third kappa shape index (κ3) is 8.45. The van der Waals surface area contributed by atoms with Gasteiger partial charge in [-0.3, -0.25) is 14.9 Å². The van der Waals surface area contributed by atoms with E-state index in [4.69, 9.17) is 0 Å². The van der Waals surface area contributed by atoms with Gasteiger partial charge in [0.1, 0.15) is 0 Å². The van der Waals surface area contributed by atoms with Gasteiger partial charge in [-0.15, -0.1) is 0 Å². The number of carboxylic acid groups (broad SMARTS) is 2. The Labute approximate surface area is 175 Å². The largest absolute Gasteiger partial charge is 1.00 e. The first kappa shape index (κ1) is 24.3. The number of carboxylic acids is 2. The molecule has 1 aromatic rings. The summed E-state index contributed by atoms with van der Waals surface area (Å²) in [4.78, 5) is 42.6. The summed E-state index contributed by atoms with van der Waals surface area (Å²) in [6.07, 6.45) is -0.942. The van der Waals surface area contributed by atoms with E-state index in [9.17, 15) is 34.7 Å². The zero-order chi connectivity index (χ0) is 16.0. The predicted molar refractivity (Wildman–Crippen MR) is 63.6 cm³/mol. The van der Waals surface area contributed by atoms with Crippen LogP contribution in [-0.2, 0) is 9.59 Å². The number of nitrogens with zero attached hydrogens (tertiary/aromatic N) is 1. The molecule has 0 radical (unpaired) electrons. The van der Waals surface area contributed by atoms with Crippen LogP contribution in [0.4, 0.5) is 5.69 Å². The van der Waals surface area contributed by atoms with Crippen LogP contribution in [0.2, 0.25) is 0 Å². The molecule has 0 heterocycles. The van der Waals surface area contributed by atoms with E-state index in [1.54, 1.807) is 0 Å². The average Bonchev–Trinajstić information content (AvgIpc) is 2.42. The quantitative estimate of drug-likeness (QED) is 0.294. The van der Waals surface area contributed by atoms with Gasteiger partial charge in [0.25, 0.3) is 11.6 Å². The van der Waals surface area contributed by atoms with Crippen molar-refractivity contribution in [1.29, 1.82) is 0 Å². The van der Waals surface area contributed by atoms with E-state index >= 15 is 0 Å². The monoisotopic (exact) mass is 340 g/mol. The molecule has 11 heteroatoms. The minimum absolute atomic E-state index is 0. The van der Waals surface area contributed by atoms with Gasteiger partial charge in [0, 0.05) is 23.7 Å². The molecule has 1 rings (SSSR count). The molecule has 0 saturated carbocycles. The SMILES string of the molecule is O=C([O-])CCC(NC(=O)c1ccc([N+](=O)[O-])cc1)C(=O)[O-].[Na+].[Na+]. The Kier molecular flexibility index (Phi) is 12.2. The summed E-state index contributed by atoms with van der Waals surface area (Å²) in [7, 11) is 0. The molecule has 0 aromatic heterocycles. The Balaban J connectivity index is 0. The Morgan fingerprint density at radius 1 is 1.09 bits per heavy atom. The Hall–Kier alpha value is -0.970. The molecule has 1 atom stereocenters. The van der Waals surface area contributed by atoms with Gasteiger partial charge in [0.15, 0.2) is 0 Å². The van der Waals surface area contributed by atoms with Gasteiger partial charge < -0.3 is 25.1 Å². The zero-order valence-electron chi connectivity index (χ0n) is 12.6. The van der Waals surface area contributed by atoms with Crippen LogP contribution >= 0.6 is 0 Å². The number of non-ortho nitro benzene ring substituents is 1. The summed E-state index contributed by atoms with van der Waals surface area (Å²) < 4.78 is 0. The van der Waals surface area contributed by atoms with Crippen molar-refractivity contribution in [2.75, 3.05) is 0 Å². The topological polar surface area (TPSA) is 152 Å². The van der Waals surface area contributed by atoms with Crippen LogP contribution in [0.25, 0.3) is 0 Å². The number of carbonyl (C=O) groups is 3. The molecule has 1 amide bonds. The molecule has 23 heavy (non-hydrogen) atoms. The van der Waals surface area contributed by atoms with E-state index in [1.807, 2.05) is 0 Å². The Morgan fingerprint density at radius 3 is 2.00 bits per heavy atom. The molecule has 0 spiro atoms. The van der Waals surface area contributed by atoms with Crippen LogP contribution in [0.1, 0.15) is 23.2 Å². The molecule has 0 aliphatic carbocycles. The molecule has 112 valence electrons. The molecule has 0 aliphatic rings. The van der Waals surface area contributed by atoms with Crippen molar-refractivity contribution in [2.45, 2.75) is 18.9 Å². The van der Waals surface area contributed by atoms with Gasteiger partial charge in [-0.2, -0.15) is 0 Å². The van der Waals surface area contributed by atoms with Crippen molar-refractivity contribution in [1.82, 2.24) is 5.32 Å². The third-order valence-corrected chi connectivity index (χ3v) is 2.57. The molecule has 1 unspecified atom stereocenters. The van der Waals surface area contributed by atoms with Crippen molar-refractivity contribution in [3.8, 4) is 0 Å². The molecule has 1 N–H and O–H groups in total. The number of nitro benzene ring substituents is 1. The first-order valence-corrected chi connectivity index (χ1v) is 5.77. The summed E-state index contributed by atoms with van der Waals surface area (Å²) in [5, 5.41) is 33.6. The molecular weight excluding hydrogens is 330 g/mol. The predicted octanol–water partition coefficient (Wildman–Crippen LogP) is -8.02. The van der Waals surface area contributed by atoms with E-state index in [1.165, 1.54) is 0 Å². The summed E-state index contributed by atoms with van der Waals surface area (Å²) in [6, 6.07) is 2.98. The van der Waals surface area contributed by atoms with Crippen LogP contribution in [0, 0.1) is 10.1 Å². The first-order valence-electron chi connectivity index (χ1n) is 5.77. The number of nitro groups is 1. The maximum Gasteiger partial charge on any atom is 1.00 e. The van der Waals surface area contributed by atoms with Crippen LogP contribution in [0.15, 0.2) is 24.3 Å². The Bertz CT molecular complexity index is 577. The second kappa shape index (κ2) is 11.5. The normalized spacial score (nSPS) is 10.4. The smallest absolute Gasteiger partial charge is 0.550 e. The third-order valence-electron chi connectivity index (χ3n) is 2.57. The molecule has 1 aromatic carbocycles. The Morgan fingerprint density at radius 2 is 1.61 bits per heavy atom. The molecule has 0 saturated heterocycles. The summed E-state index contributed by atoms with van der Waals surface area (Å²) in [5.74, 6) is -3.89. The molecule has 0 bridgehead atoms. The van der Waals surface area contributed by atoms with Gasteiger partial charge in [-0.25, -0.2) is 0 Å². The van der Waals surface area contributed by atoms with Crippen LogP contribution in [0.5, 0.6) is 0 Å². The van der Waals surface area contributed by atoms with Gasteiger partial charge in [-0.05, 0) is 25.0 Å². The van der Waals surface area contributed by atoms with Gasteiger partial charge in [0.2, 0.25) is 0 Å². The van der Waals surface area contributed by atoms with Crippen LogP contribution in [-0.4, -0.2) is 28.8 Å². The first-order chi connectivity index (χ1) is 9.81. The van der Waals surface area contributed by atoms with Crippen molar-refractivity contribution in [3.63, 3.8) is 0 Å². The van der Waals surface area contributed by atoms with Gasteiger partial charge >= 0.3 is 59.1 Å². The maximum absolute atomic E-state index is 11.8. The van der Waals surface area contributed by atoms with Crippen LogP contribution in [0.3, 0.4) is 0 Å². The molecular formula is C12H10N2Na2O7. The number of rotatable bonds is 7. The van der Waals surface area contributed by atoms with Crippen molar-refractivity contribution >= 4 is 23.5 Å². The van der Waals surface area contributed by atoms with Crippen LogP contribution < -0.4 is 74.6 Å². The van der Waals surface area contributed by atoms with Crippen molar-refractivity contribution in [2.24, 2.45) is 0 Å². The van der Waals surface area contributed by atoms with Crippen molar-refractivity contribution < 1.29 is 88.6 Å². The van der Waals surface area contributed by atoms with E-state index in [0.717, 1.165) is 24.3 Å². The minimum Gasteiger partial charge on any atom is -0.550 e. The van der Waals surface area contributed by atoms with E-state index in [0.29, 0.717) is 0 Å². The maximum atomic E-state index is 11.8. The number of carbonyl (C=O) groups excluding carboxylic acids is 3. The average molecular weight is 340 g/mol. The van der Waals surface area contributed by atoms with Gasteiger partial charge in [0.05, 0.1) is 16.9 Å². The number of hydrogen-bond donors (Lipinski definition) is 1. The number of nitrogens with one attached hydrogen (secondary N) is 1. The number of amides is 1. The number of aliphatic carboxylic acids is 2. The van der Waals surface area contributed by atoms with Crippen molar-refractivity contribution in [3.05, 3.63) is 39.9 Å². The molecule has 9 nitrogen and oxygen atoms in total. The fraction of sp³-hybridized carbons (Fsp3) is 0.250. The summed E-state index contributed by atoms with van der Waals surface area (Å²) in [6.45, 7) is 0. The second-order valence-corrected chi connectivity index (χ2v) is 4.06. The van der Waals surface area contributed by atoms with Gasteiger partial charge in [-0.1, -0.05) is 0 Å². The molecule has 0 fully saturated rings. The zero-order valence-corrected chi connectivity index (χ0v) is 16.6. The standard InChI is InChI=1S/C12H12N2O7.2Na/c15-10(16)6-5-9(12(18)19)13-11(17)7-1-3-8(4-2-7)14(20)21;;/h1-4,9H,5-6H2,(H,13,17)(H,15,16)(H,18,19);;/q;2*+1/p-2. The summed E-state index contributed by atoms with van der Waals surface area (Å²) in [5.41, 5.74) is -0.222.